The van der Waals surface area contributed by atoms with Crippen molar-refractivity contribution in [1.29, 1.82) is 0 Å². The van der Waals surface area contributed by atoms with Crippen molar-refractivity contribution in [3.05, 3.63) is 24.3 Å². The van der Waals surface area contributed by atoms with Crippen LogP contribution in [0.4, 0.5) is 0 Å². The Morgan fingerprint density at radius 2 is 1.87 bits per heavy atom. The molecule has 0 amide bonds. The van der Waals surface area contributed by atoms with Gasteiger partial charge >= 0.3 is 5.97 Å². The maximum atomic E-state index is 11.6. The van der Waals surface area contributed by atoms with Gasteiger partial charge in [-0.05, 0) is 25.7 Å². The van der Waals surface area contributed by atoms with Crippen LogP contribution in [0.15, 0.2) is 18.7 Å². The molecule has 1 fully saturated rings. The predicted molar refractivity (Wildman–Crippen MR) is 54.3 cm³/mol. The number of ether oxygens (including phenoxy) is 1. The van der Waals surface area contributed by atoms with Gasteiger partial charge in [-0.2, -0.15) is 0 Å². The Morgan fingerprint density at radius 3 is 2.53 bits per heavy atom. The second kappa shape index (κ2) is 4.87. The van der Waals surface area contributed by atoms with Crippen molar-refractivity contribution >= 4 is 5.97 Å². The van der Waals surface area contributed by atoms with Crippen molar-refractivity contribution in [1.82, 2.24) is 9.97 Å². The first-order valence-corrected chi connectivity index (χ1v) is 5.32. The van der Waals surface area contributed by atoms with E-state index in [4.69, 9.17) is 4.74 Å². The van der Waals surface area contributed by atoms with E-state index in [1.165, 1.54) is 25.1 Å². The number of esters is 1. The van der Waals surface area contributed by atoms with Gasteiger partial charge in [-0.3, -0.25) is 0 Å². The van der Waals surface area contributed by atoms with E-state index in [1.807, 2.05) is 0 Å². The zero-order chi connectivity index (χ0) is 10.5. The summed E-state index contributed by atoms with van der Waals surface area (Å²) in [7, 11) is 0. The molecular formula is C11H14N2O2. The van der Waals surface area contributed by atoms with E-state index in [9.17, 15) is 4.79 Å². The summed E-state index contributed by atoms with van der Waals surface area (Å²) in [4.78, 5) is 19.2. The molecule has 1 aromatic heterocycles. The Morgan fingerprint density at radius 1 is 1.20 bits per heavy atom. The Kier molecular flexibility index (Phi) is 3.27. The second-order valence-corrected chi connectivity index (χ2v) is 3.79. The smallest absolute Gasteiger partial charge is 0.341 e. The van der Waals surface area contributed by atoms with Crippen molar-refractivity contribution < 1.29 is 9.53 Å². The average molecular weight is 206 g/mol. The Bertz CT molecular complexity index is 321. The van der Waals surface area contributed by atoms with Crippen LogP contribution in [-0.2, 0) is 4.74 Å². The molecule has 0 atom stereocenters. The highest BCUT2D eigenvalue weighted by Crippen LogP contribution is 2.21. The highest BCUT2D eigenvalue weighted by Gasteiger charge is 2.18. The van der Waals surface area contributed by atoms with Crippen molar-refractivity contribution in [2.75, 3.05) is 0 Å². The minimum Gasteiger partial charge on any atom is -0.459 e. The summed E-state index contributed by atoms with van der Waals surface area (Å²) in [5.74, 6) is -0.303. The van der Waals surface area contributed by atoms with Crippen LogP contribution in [0.1, 0.15) is 42.5 Å². The first kappa shape index (κ1) is 10.1. The van der Waals surface area contributed by atoms with Gasteiger partial charge < -0.3 is 4.74 Å². The molecule has 1 aliphatic carbocycles. The topological polar surface area (TPSA) is 52.1 Å². The number of rotatable bonds is 2. The molecular weight excluding hydrogens is 192 g/mol. The molecule has 1 heterocycles. The quantitative estimate of drug-likeness (QED) is 0.694. The van der Waals surface area contributed by atoms with Crippen molar-refractivity contribution in [3.8, 4) is 0 Å². The van der Waals surface area contributed by atoms with Gasteiger partial charge in [0, 0.05) is 12.4 Å². The molecule has 80 valence electrons. The fourth-order valence-corrected chi connectivity index (χ4v) is 1.81. The maximum Gasteiger partial charge on any atom is 0.341 e. The van der Waals surface area contributed by atoms with E-state index in [-0.39, 0.29) is 12.1 Å². The van der Waals surface area contributed by atoms with Gasteiger partial charge in [-0.1, -0.05) is 6.42 Å². The third-order valence-electron chi connectivity index (χ3n) is 2.62. The molecule has 2 rings (SSSR count). The van der Waals surface area contributed by atoms with Gasteiger partial charge in [0.15, 0.2) is 0 Å². The number of carbonyl (C=O) groups is 1. The van der Waals surface area contributed by atoms with Gasteiger partial charge in [-0.25, -0.2) is 14.8 Å². The summed E-state index contributed by atoms with van der Waals surface area (Å²) in [5.41, 5.74) is 0.433. The lowest BCUT2D eigenvalue weighted by Gasteiger charge is -2.21. The van der Waals surface area contributed by atoms with E-state index in [2.05, 4.69) is 9.97 Å². The molecule has 0 saturated heterocycles. The van der Waals surface area contributed by atoms with Crippen molar-refractivity contribution in [2.24, 2.45) is 0 Å². The predicted octanol–water partition coefficient (Wildman–Crippen LogP) is 1.97. The minimum absolute atomic E-state index is 0.0893. The third kappa shape index (κ3) is 2.75. The molecule has 0 N–H and O–H groups in total. The summed E-state index contributed by atoms with van der Waals surface area (Å²) in [6.07, 6.45) is 9.99. The zero-order valence-corrected chi connectivity index (χ0v) is 8.56. The highest BCUT2D eigenvalue weighted by molar-refractivity contribution is 5.88. The molecule has 15 heavy (non-hydrogen) atoms. The van der Waals surface area contributed by atoms with Crippen molar-refractivity contribution in [3.63, 3.8) is 0 Å². The van der Waals surface area contributed by atoms with E-state index in [0.717, 1.165) is 25.7 Å². The van der Waals surface area contributed by atoms with Crippen LogP contribution in [0, 0.1) is 0 Å². The fraction of sp³-hybridized carbons (Fsp3) is 0.545. The molecule has 1 saturated carbocycles. The first-order valence-electron chi connectivity index (χ1n) is 5.32. The SMILES string of the molecule is O=C(OC1CCCCC1)c1cncnc1. The lowest BCUT2D eigenvalue weighted by Crippen LogP contribution is -2.21. The minimum atomic E-state index is -0.303. The summed E-state index contributed by atoms with van der Waals surface area (Å²) >= 11 is 0. The van der Waals surface area contributed by atoms with E-state index < -0.39 is 0 Å². The van der Waals surface area contributed by atoms with Gasteiger partial charge in [-0.15, -0.1) is 0 Å². The summed E-state index contributed by atoms with van der Waals surface area (Å²) in [5, 5.41) is 0. The van der Waals surface area contributed by atoms with Gasteiger partial charge in [0.1, 0.15) is 12.4 Å². The molecule has 4 heteroatoms. The second-order valence-electron chi connectivity index (χ2n) is 3.79. The molecule has 1 aliphatic rings. The summed E-state index contributed by atoms with van der Waals surface area (Å²) in [6, 6.07) is 0. The fourth-order valence-electron chi connectivity index (χ4n) is 1.81. The highest BCUT2D eigenvalue weighted by atomic mass is 16.5. The van der Waals surface area contributed by atoms with E-state index >= 15 is 0 Å². The first-order chi connectivity index (χ1) is 7.36. The lowest BCUT2D eigenvalue weighted by molar-refractivity contribution is 0.0210. The molecule has 0 unspecified atom stereocenters. The molecule has 1 aromatic rings. The number of carbonyl (C=O) groups excluding carboxylic acids is 1. The van der Waals surface area contributed by atoms with Crippen LogP contribution in [-0.4, -0.2) is 22.0 Å². The number of hydrogen-bond acceptors (Lipinski definition) is 4. The van der Waals surface area contributed by atoms with Gasteiger partial charge in [0.05, 0.1) is 5.56 Å². The monoisotopic (exact) mass is 206 g/mol. The van der Waals surface area contributed by atoms with Gasteiger partial charge in [0.25, 0.3) is 0 Å². The van der Waals surface area contributed by atoms with Crippen LogP contribution in [0.2, 0.25) is 0 Å². The number of hydrogen-bond donors (Lipinski definition) is 0. The molecule has 0 radical (unpaired) electrons. The normalized spacial score (nSPS) is 17.3. The number of nitrogens with zero attached hydrogens (tertiary/aromatic N) is 2. The molecule has 0 aromatic carbocycles. The van der Waals surface area contributed by atoms with Crippen molar-refractivity contribution in [2.45, 2.75) is 38.2 Å². The molecule has 0 aliphatic heterocycles. The van der Waals surface area contributed by atoms with Gasteiger partial charge in [0.2, 0.25) is 0 Å². The summed E-state index contributed by atoms with van der Waals surface area (Å²) < 4.78 is 5.36. The standard InChI is InChI=1S/C11H14N2O2/c14-11(9-6-12-8-13-7-9)15-10-4-2-1-3-5-10/h6-8,10H,1-5H2. The average Bonchev–Trinajstić information content (AvgIpc) is 2.31. The summed E-state index contributed by atoms with van der Waals surface area (Å²) in [6.45, 7) is 0. The van der Waals surface area contributed by atoms with Crippen LogP contribution in [0.25, 0.3) is 0 Å². The Hall–Kier alpha value is -1.45. The largest absolute Gasteiger partial charge is 0.459 e. The van der Waals surface area contributed by atoms with E-state index in [1.54, 1.807) is 0 Å². The maximum absolute atomic E-state index is 11.6. The third-order valence-corrected chi connectivity index (χ3v) is 2.62. The Labute approximate surface area is 88.7 Å². The lowest BCUT2D eigenvalue weighted by atomic mass is 9.98. The van der Waals surface area contributed by atoms with Crippen LogP contribution < -0.4 is 0 Å². The van der Waals surface area contributed by atoms with Crippen LogP contribution in [0.3, 0.4) is 0 Å². The van der Waals surface area contributed by atoms with E-state index in [0.29, 0.717) is 5.56 Å². The molecule has 0 bridgehead atoms. The molecule has 0 spiro atoms. The number of aromatic nitrogens is 2. The zero-order valence-electron chi connectivity index (χ0n) is 8.56. The van der Waals surface area contributed by atoms with Crippen LogP contribution in [0.5, 0.6) is 0 Å². The Balaban J connectivity index is 1.91. The van der Waals surface area contributed by atoms with Crippen LogP contribution >= 0.6 is 0 Å². The molecule has 4 nitrogen and oxygen atoms in total.